The van der Waals surface area contributed by atoms with Gasteiger partial charge >= 0.3 is 0 Å². The molecular formula is C9H8ClN3O3. The number of hydrogen-bond donors (Lipinski definition) is 1. The number of β-amino-alcohol motifs (C(OH)–C–C–N with tert-alkyl or cyclic N) is 1. The Kier molecular flexibility index (Phi) is 2.84. The summed E-state index contributed by atoms with van der Waals surface area (Å²) in [5.41, 5.74) is 0.0617. The van der Waals surface area contributed by atoms with E-state index in [-0.39, 0.29) is 35.4 Å². The first-order chi connectivity index (χ1) is 7.63. The molecule has 1 atom stereocenters. The molecule has 1 aliphatic rings. The van der Waals surface area contributed by atoms with E-state index in [1.807, 2.05) is 0 Å². The number of anilines is 1. The summed E-state index contributed by atoms with van der Waals surface area (Å²) in [5.74, 6) is -0.137. The van der Waals surface area contributed by atoms with Crippen molar-refractivity contribution >= 4 is 29.6 Å². The fraction of sp³-hybridized carbons (Fsp3) is 0.333. The third-order valence-electron chi connectivity index (χ3n) is 2.29. The predicted molar refractivity (Wildman–Crippen MR) is 55.4 cm³/mol. The maximum Gasteiger partial charge on any atom is 0.230 e. The molecule has 1 N–H and O–H groups in total. The van der Waals surface area contributed by atoms with Gasteiger partial charge in [0.2, 0.25) is 5.91 Å². The van der Waals surface area contributed by atoms with Gasteiger partial charge in [0.05, 0.1) is 24.6 Å². The van der Waals surface area contributed by atoms with E-state index in [9.17, 15) is 14.7 Å². The molecule has 1 fully saturated rings. The summed E-state index contributed by atoms with van der Waals surface area (Å²) >= 11 is 5.71. The van der Waals surface area contributed by atoms with Gasteiger partial charge in [0.15, 0.2) is 12.1 Å². The van der Waals surface area contributed by atoms with Gasteiger partial charge in [0, 0.05) is 0 Å². The molecule has 1 unspecified atom stereocenters. The molecule has 1 saturated heterocycles. The van der Waals surface area contributed by atoms with E-state index in [0.717, 1.165) is 0 Å². The van der Waals surface area contributed by atoms with Crippen LogP contribution < -0.4 is 4.90 Å². The highest BCUT2D eigenvalue weighted by Crippen LogP contribution is 2.25. The third-order valence-corrected chi connectivity index (χ3v) is 2.59. The number of halogens is 1. The van der Waals surface area contributed by atoms with Gasteiger partial charge in [-0.15, -0.1) is 0 Å². The highest BCUT2D eigenvalue weighted by molar-refractivity contribution is 6.32. The summed E-state index contributed by atoms with van der Waals surface area (Å²) in [6.45, 7) is 0.118. The molecule has 1 aromatic rings. The van der Waals surface area contributed by atoms with Crippen molar-refractivity contribution in [1.82, 2.24) is 9.97 Å². The van der Waals surface area contributed by atoms with Crippen LogP contribution in [0.3, 0.4) is 0 Å². The van der Waals surface area contributed by atoms with Crippen LogP contribution in [0, 0.1) is 0 Å². The van der Waals surface area contributed by atoms with Crippen LogP contribution in [0.1, 0.15) is 16.8 Å². The molecule has 0 spiro atoms. The van der Waals surface area contributed by atoms with Crippen LogP contribution in [0.5, 0.6) is 0 Å². The van der Waals surface area contributed by atoms with Gasteiger partial charge in [-0.2, -0.15) is 0 Å². The van der Waals surface area contributed by atoms with E-state index in [1.165, 1.54) is 11.2 Å². The first kappa shape index (κ1) is 11.0. The second-order valence-electron chi connectivity index (χ2n) is 3.38. The number of aliphatic hydroxyl groups excluding tert-OH is 1. The molecule has 6 nitrogen and oxygen atoms in total. The summed E-state index contributed by atoms with van der Waals surface area (Å²) in [6, 6.07) is 0. The molecule has 0 saturated carbocycles. The fourth-order valence-electron chi connectivity index (χ4n) is 1.58. The van der Waals surface area contributed by atoms with E-state index < -0.39 is 6.10 Å². The molecule has 0 aliphatic carbocycles. The van der Waals surface area contributed by atoms with Crippen molar-refractivity contribution in [2.24, 2.45) is 0 Å². The monoisotopic (exact) mass is 241 g/mol. The van der Waals surface area contributed by atoms with Gasteiger partial charge in [-0.25, -0.2) is 9.97 Å². The van der Waals surface area contributed by atoms with E-state index in [0.29, 0.717) is 6.29 Å². The van der Waals surface area contributed by atoms with Crippen LogP contribution in [-0.2, 0) is 4.79 Å². The molecular weight excluding hydrogens is 234 g/mol. The second kappa shape index (κ2) is 4.15. The number of nitrogens with zero attached hydrogens (tertiary/aromatic N) is 3. The molecule has 2 rings (SSSR count). The largest absolute Gasteiger partial charge is 0.391 e. The van der Waals surface area contributed by atoms with Crippen molar-refractivity contribution in [3.8, 4) is 0 Å². The molecule has 84 valence electrons. The predicted octanol–water partition coefficient (Wildman–Crippen LogP) is 0.0401. The molecule has 1 amide bonds. The summed E-state index contributed by atoms with van der Waals surface area (Å²) in [5, 5.41) is 9.33. The molecule has 0 radical (unpaired) electrons. The Bertz CT molecular complexity index is 452. The minimum Gasteiger partial charge on any atom is -0.391 e. The Balaban J connectivity index is 2.44. The van der Waals surface area contributed by atoms with E-state index in [2.05, 4.69) is 9.97 Å². The highest BCUT2D eigenvalue weighted by Gasteiger charge is 2.32. The van der Waals surface area contributed by atoms with Crippen molar-refractivity contribution in [3.63, 3.8) is 0 Å². The Morgan fingerprint density at radius 3 is 2.88 bits per heavy atom. The summed E-state index contributed by atoms with van der Waals surface area (Å²) in [4.78, 5) is 31.1. The lowest BCUT2D eigenvalue weighted by atomic mass is 10.3. The summed E-state index contributed by atoms with van der Waals surface area (Å²) in [6.07, 6.45) is 0.957. The first-order valence-corrected chi connectivity index (χ1v) is 4.95. The molecule has 0 bridgehead atoms. The van der Waals surface area contributed by atoms with Crippen molar-refractivity contribution in [3.05, 3.63) is 17.0 Å². The zero-order valence-corrected chi connectivity index (χ0v) is 8.89. The average Bonchev–Trinajstić information content (AvgIpc) is 2.57. The highest BCUT2D eigenvalue weighted by atomic mass is 35.5. The molecule has 7 heteroatoms. The van der Waals surface area contributed by atoms with Gasteiger partial charge < -0.3 is 5.11 Å². The van der Waals surface area contributed by atoms with Gasteiger partial charge in [-0.3, -0.25) is 14.5 Å². The van der Waals surface area contributed by atoms with Gasteiger partial charge in [-0.1, -0.05) is 11.6 Å². The van der Waals surface area contributed by atoms with Crippen LogP contribution in [-0.4, -0.2) is 39.9 Å². The van der Waals surface area contributed by atoms with Crippen LogP contribution in [0.4, 0.5) is 5.82 Å². The van der Waals surface area contributed by atoms with E-state index in [4.69, 9.17) is 11.6 Å². The number of aromatic nitrogens is 2. The maximum atomic E-state index is 11.5. The molecule has 2 heterocycles. The number of carbonyl (C=O) groups is 2. The fourth-order valence-corrected chi connectivity index (χ4v) is 1.75. The number of carbonyl (C=O) groups excluding carboxylic acids is 2. The van der Waals surface area contributed by atoms with Crippen LogP contribution >= 0.6 is 11.6 Å². The van der Waals surface area contributed by atoms with Gasteiger partial charge in [0.25, 0.3) is 0 Å². The Labute approximate surface area is 95.9 Å². The topological polar surface area (TPSA) is 83.4 Å². The molecule has 16 heavy (non-hydrogen) atoms. The molecule has 1 aliphatic heterocycles. The average molecular weight is 242 g/mol. The van der Waals surface area contributed by atoms with E-state index in [1.54, 1.807) is 0 Å². The zero-order chi connectivity index (χ0) is 11.7. The van der Waals surface area contributed by atoms with Crippen molar-refractivity contribution in [2.75, 3.05) is 11.4 Å². The first-order valence-electron chi connectivity index (χ1n) is 4.57. The Morgan fingerprint density at radius 2 is 2.31 bits per heavy atom. The lowest BCUT2D eigenvalue weighted by molar-refractivity contribution is -0.117. The quantitative estimate of drug-likeness (QED) is 0.584. The Hall–Kier alpha value is -1.53. The van der Waals surface area contributed by atoms with Crippen molar-refractivity contribution < 1.29 is 14.7 Å². The van der Waals surface area contributed by atoms with Gasteiger partial charge in [0.1, 0.15) is 11.5 Å². The maximum absolute atomic E-state index is 11.5. The standard InChI is InChI=1S/C9H8ClN3O3/c10-8-6(3-14)9(12-4-11-8)13-2-5(15)1-7(13)16/h3-5,15H,1-2H2. The number of hydrogen-bond acceptors (Lipinski definition) is 5. The minimum atomic E-state index is -0.735. The lowest BCUT2D eigenvalue weighted by Crippen LogP contribution is -2.27. The molecule has 1 aromatic heterocycles. The van der Waals surface area contributed by atoms with Crippen molar-refractivity contribution in [1.29, 1.82) is 0 Å². The third kappa shape index (κ3) is 1.77. The second-order valence-corrected chi connectivity index (χ2v) is 3.74. The summed E-state index contributed by atoms with van der Waals surface area (Å²) in [7, 11) is 0. The smallest absolute Gasteiger partial charge is 0.230 e. The number of aliphatic hydroxyl groups is 1. The number of rotatable bonds is 2. The van der Waals surface area contributed by atoms with Crippen LogP contribution in [0.25, 0.3) is 0 Å². The zero-order valence-electron chi connectivity index (χ0n) is 8.13. The Morgan fingerprint density at radius 1 is 1.56 bits per heavy atom. The van der Waals surface area contributed by atoms with Crippen LogP contribution in [0.2, 0.25) is 5.15 Å². The van der Waals surface area contributed by atoms with Gasteiger partial charge in [-0.05, 0) is 0 Å². The SMILES string of the molecule is O=Cc1c(Cl)ncnc1N1CC(O)CC1=O. The number of amides is 1. The minimum absolute atomic E-state index is 0.00538. The van der Waals surface area contributed by atoms with Crippen molar-refractivity contribution in [2.45, 2.75) is 12.5 Å². The number of aldehydes is 1. The normalized spacial score (nSPS) is 20.2. The molecule has 0 aromatic carbocycles. The summed E-state index contributed by atoms with van der Waals surface area (Å²) < 4.78 is 0. The lowest BCUT2D eigenvalue weighted by Gasteiger charge is -2.16. The van der Waals surface area contributed by atoms with Crippen LogP contribution in [0.15, 0.2) is 6.33 Å². The van der Waals surface area contributed by atoms with E-state index >= 15 is 0 Å².